The Kier molecular flexibility index (Phi) is 2.90. The third kappa shape index (κ3) is 2.16. The topological polar surface area (TPSA) is 20.2 Å². The lowest BCUT2D eigenvalue weighted by Gasteiger charge is -2.38. The number of aliphatic hydroxyl groups is 1. The zero-order valence-electron chi connectivity index (χ0n) is 7.80. The van der Waals surface area contributed by atoms with Crippen LogP contribution >= 0.6 is 0 Å². The molecule has 1 fully saturated rings. The lowest BCUT2D eigenvalue weighted by atomic mass is 9.72. The normalized spacial score (nSPS) is 42.0. The average Bonchev–Trinajstić information content (AvgIpc) is 1.95. The molecule has 0 saturated heterocycles. The van der Waals surface area contributed by atoms with Crippen molar-refractivity contribution in [3.05, 3.63) is 0 Å². The maximum absolute atomic E-state index is 12.5. The molecule has 4 atom stereocenters. The number of hydrogen-bond donors (Lipinski definition) is 1. The standard InChI is InChI=1S/C9H15F3O/c1-5-3-4-7(13)6(2)8(5)9(10,11)12/h5-8,13H,3-4H2,1-2H3. The van der Waals surface area contributed by atoms with Crippen molar-refractivity contribution in [3.63, 3.8) is 0 Å². The van der Waals surface area contributed by atoms with Gasteiger partial charge in [0.15, 0.2) is 0 Å². The van der Waals surface area contributed by atoms with E-state index in [4.69, 9.17) is 0 Å². The molecule has 0 aliphatic heterocycles. The minimum atomic E-state index is -4.17. The van der Waals surface area contributed by atoms with Gasteiger partial charge < -0.3 is 5.11 Å². The number of aliphatic hydroxyl groups excluding tert-OH is 1. The summed E-state index contributed by atoms with van der Waals surface area (Å²) in [4.78, 5) is 0. The zero-order valence-corrected chi connectivity index (χ0v) is 7.80. The summed E-state index contributed by atoms with van der Waals surface area (Å²) in [6.07, 6.45) is -3.99. The van der Waals surface area contributed by atoms with Gasteiger partial charge in [-0.1, -0.05) is 13.8 Å². The molecule has 0 bridgehead atoms. The Morgan fingerprint density at radius 3 is 2.08 bits per heavy atom. The molecular weight excluding hydrogens is 181 g/mol. The van der Waals surface area contributed by atoms with Crippen LogP contribution in [0.4, 0.5) is 13.2 Å². The highest BCUT2D eigenvalue weighted by molar-refractivity contribution is 4.87. The smallest absolute Gasteiger partial charge is 0.392 e. The Morgan fingerprint density at radius 1 is 1.15 bits per heavy atom. The van der Waals surface area contributed by atoms with Crippen molar-refractivity contribution in [2.75, 3.05) is 0 Å². The second-order valence-corrected chi connectivity index (χ2v) is 4.05. The molecule has 0 aromatic heterocycles. The summed E-state index contributed by atoms with van der Waals surface area (Å²) in [5.74, 6) is -2.36. The minimum Gasteiger partial charge on any atom is -0.393 e. The summed E-state index contributed by atoms with van der Waals surface area (Å²) in [5.41, 5.74) is 0. The van der Waals surface area contributed by atoms with Crippen molar-refractivity contribution in [2.45, 2.75) is 39.0 Å². The minimum absolute atomic E-state index is 0.363. The van der Waals surface area contributed by atoms with Crippen molar-refractivity contribution in [1.29, 1.82) is 0 Å². The first-order valence-electron chi connectivity index (χ1n) is 4.59. The Balaban J connectivity index is 2.78. The fourth-order valence-corrected chi connectivity index (χ4v) is 2.25. The van der Waals surface area contributed by atoms with Crippen LogP contribution in [0.5, 0.6) is 0 Å². The average molecular weight is 196 g/mol. The Morgan fingerprint density at radius 2 is 1.69 bits per heavy atom. The molecule has 1 aliphatic carbocycles. The third-order valence-corrected chi connectivity index (χ3v) is 3.08. The van der Waals surface area contributed by atoms with Crippen LogP contribution in [0.3, 0.4) is 0 Å². The van der Waals surface area contributed by atoms with Crippen molar-refractivity contribution in [3.8, 4) is 0 Å². The van der Waals surface area contributed by atoms with Gasteiger partial charge in [0, 0.05) is 0 Å². The molecule has 1 aliphatic rings. The molecule has 1 N–H and O–H groups in total. The van der Waals surface area contributed by atoms with Gasteiger partial charge in [-0.15, -0.1) is 0 Å². The van der Waals surface area contributed by atoms with Gasteiger partial charge in [-0.25, -0.2) is 0 Å². The van der Waals surface area contributed by atoms with E-state index in [1.54, 1.807) is 6.92 Å². The maximum Gasteiger partial charge on any atom is 0.392 e. The number of halogens is 3. The van der Waals surface area contributed by atoms with E-state index < -0.39 is 24.1 Å². The second-order valence-electron chi connectivity index (χ2n) is 4.05. The van der Waals surface area contributed by atoms with E-state index >= 15 is 0 Å². The van der Waals surface area contributed by atoms with Crippen LogP contribution in [0.25, 0.3) is 0 Å². The van der Waals surface area contributed by atoms with Crippen molar-refractivity contribution in [2.24, 2.45) is 17.8 Å². The number of rotatable bonds is 0. The predicted octanol–water partition coefficient (Wildman–Crippen LogP) is 2.59. The summed E-state index contributed by atoms with van der Waals surface area (Å²) < 4.78 is 37.5. The highest BCUT2D eigenvalue weighted by atomic mass is 19.4. The van der Waals surface area contributed by atoms with Crippen LogP contribution < -0.4 is 0 Å². The van der Waals surface area contributed by atoms with Crippen LogP contribution in [-0.2, 0) is 0 Å². The number of alkyl halides is 3. The van der Waals surface area contributed by atoms with Crippen molar-refractivity contribution >= 4 is 0 Å². The molecular formula is C9H15F3O. The quantitative estimate of drug-likeness (QED) is 0.631. The highest BCUT2D eigenvalue weighted by Gasteiger charge is 2.49. The monoisotopic (exact) mass is 196 g/mol. The van der Waals surface area contributed by atoms with E-state index in [0.29, 0.717) is 12.8 Å². The van der Waals surface area contributed by atoms with Gasteiger partial charge in [-0.3, -0.25) is 0 Å². The SMILES string of the molecule is CC1CCC(O)C(C)C1C(F)(F)F. The van der Waals surface area contributed by atoms with E-state index in [9.17, 15) is 18.3 Å². The highest BCUT2D eigenvalue weighted by Crippen LogP contribution is 2.44. The zero-order chi connectivity index (χ0) is 10.2. The molecule has 0 heterocycles. The molecule has 1 rings (SSSR count). The lowest BCUT2D eigenvalue weighted by molar-refractivity contribution is -0.220. The fraction of sp³-hybridized carbons (Fsp3) is 1.00. The van der Waals surface area contributed by atoms with E-state index in [0.717, 1.165) is 0 Å². The van der Waals surface area contributed by atoms with Crippen LogP contribution in [0.1, 0.15) is 26.7 Å². The summed E-state index contributed by atoms with van der Waals surface area (Å²) in [6, 6.07) is 0. The van der Waals surface area contributed by atoms with Gasteiger partial charge in [0.1, 0.15) is 0 Å². The molecule has 0 spiro atoms. The third-order valence-electron chi connectivity index (χ3n) is 3.08. The Hall–Kier alpha value is -0.250. The van der Waals surface area contributed by atoms with Gasteiger partial charge in [0.05, 0.1) is 12.0 Å². The van der Waals surface area contributed by atoms with Gasteiger partial charge in [-0.05, 0) is 24.7 Å². The molecule has 0 aromatic carbocycles. The maximum atomic E-state index is 12.5. The van der Waals surface area contributed by atoms with Crippen molar-refractivity contribution < 1.29 is 18.3 Å². The van der Waals surface area contributed by atoms with Crippen LogP contribution in [0.15, 0.2) is 0 Å². The first-order valence-corrected chi connectivity index (χ1v) is 4.59. The van der Waals surface area contributed by atoms with E-state index in [1.807, 2.05) is 0 Å². The molecule has 1 nitrogen and oxygen atoms in total. The molecule has 4 unspecified atom stereocenters. The fourth-order valence-electron chi connectivity index (χ4n) is 2.25. The van der Waals surface area contributed by atoms with Crippen molar-refractivity contribution in [1.82, 2.24) is 0 Å². The molecule has 78 valence electrons. The molecule has 1 saturated carbocycles. The van der Waals surface area contributed by atoms with Gasteiger partial charge in [0.2, 0.25) is 0 Å². The van der Waals surface area contributed by atoms with Crippen LogP contribution in [0, 0.1) is 17.8 Å². The van der Waals surface area contributed by atoms with Gasteiger partial charge in [0.25, 0.3) is 0 Å². The Labute approximate surface area is 75.9 Å². The molecule has 13 heavy (non-hydrogen) atoms. The van der Waals surface area contributed by atoms with E-state index in [-0.39, 0.29) is 5.92 Å². The summed E-state index contributed by atoms with van der Waals surface area (Å²) >= 11 is 0. The summed E-state index contributed by atoms with van der Waals surface area (Å²) in [6.45, 7) is 3.10. The Bertz CT molecular complexity index is 178. The molecule has 0 amide bonds. The van der Waals surface area contributed by atoms with Gasteiger partial charge in [-0.2, -0.15) is 13.2 Å². The van der Waals surface area contributed by atoms with Crippen LogP contribution in [0.2, 0.25) is 0 Å². The first-order chi connectivity index (χ1) is 5.84. The van der Waals surface area contributed by atoms with E-state index in [1.165, 1.54) is 6.92 Å². The van der Waals surface area contributed by atoms with E-state index in [2.05, 4.69) is 0 Å². The predicted molar refractivity (Wildman–Crippen MR) is 43.1 cm³/mol. The second kappa shape index (κ2) is 3.48. The summed E-state index contributed by atoms with van der Waals surface area (Å²) in [7, 11) is 0. The largest absolute Gasteiger partial charge is 0.393 e. The van der Waals surface area contributed by atoms with Crippen LogP contribution in [-0.4, -0.2) is 17.4 Å². The molecule has 0 aromatic rings. The molecule has 0 radical (unpaired) electrons. The molecule has 4 heteroatoms. The van der Waals surface area contributed by atoms with Gasteiger partial charge >= 0.3 is 6.18 Å². The number of hydrogen-bond acceptors (Lipinski definition) is 1. The first kappa shape index (κ1) is 10.8. The summed E-state index contributed by atoms with van der Waals surface area (Å²) in [5, 5.41) is 9.33. The lowest BCUT2D eigenvalue weighted by Crippen LogP contribution is -2.43.